The van der Waals surface area contributed by atoms with Crippen molar-refractivity contribution in [3.63, 3.8) is 0 Å². The van der Waals surface area contributed by atoms with Gasteiger partial charge in [-0.1, -0.05) is 48.9 Å². The lowest BCUT2D eigenvalue weighted by atomic mass is 9.68. The molecule has 0 spiro atoms. The molecule has 2 aliphatic carbocycles. The van der Waals surface area contributed by atoms with Crippen molar-refractivity contribution in [1.82, 2.24) is 15.1 Å². The molecule has 3 unspecified atom stereocenters. The largest absolute Gasteiger partial charge is 0.504 e. The third-order valence-corrected chi connectivity index (χ3v) is 8.51. The van der Waals surface area contributed by atoms with Crippen LogP contribution in [-0.4, -0.2) is 25.9 Å². The number of aromatic hydroxyl groups is 2. The van der Waals surface area contributed by atoms with Gasteiger partial charge < -0.3 is 15.5 Å². The number of amides is 1. The number of nitrogens with zero attached hydrogens (tertiary/aromatic N) is 2. The molecule has 6 rings (SSSR count). The zero-order chi connectivity index (χ0) is 27.1. The molecule has 1 fully saturated rings. The number of aromatic nitrogens is 2. The van der Waals surface area contributed by atoms with Crippen LogP contribution in [0.25, 0.3) is 11.8 Å². The van der Waals surface area contributed by atoms with E-state index in [4.69, 9.17) is 0 Å². The molecule has 1 amide bonds. The fourth-order valence-electron chi connectivity index (χ4n) is 6.30. The van der Waals surface area contributed by atoms with Gasteiger partial charge in [-0.3, -0.25) is 4.79 Å². The maximum atomic E-state index is 13.5. The van der Waals surface area contributed by atoms with Crippen LogP contribution in [-0.2, 0) is 6.42 Å². The minimum Gasteiger partial charge on any atom is -0.504 e. The smallest absolute Gasteiger partial charge is 0.255 e. The first-order chi connectivity index (χ1) is 18.8. The predicted molar refractivity (Wildman–Crippen MR) is 147 cm³/mol. The van der Waals surface area contributed by atoms with E-state index in [2.05, 4.69) is 23.4 Å². The Morgan fingerprint density at radius 1 is 1.10 bits per heavy atom. The Kier molecular flexibility index (Phi) is 6.22. The Balaban J connectivity index is 1.28. The molecule has 0 saturated heterocycles. The number of rotatable bonds is 6. The van der Waals surface area contributed by atoms with Crippen LogP contribution in [0.4, 0.5) is 4.39 Å². The Hall–Kier alpha value is -4.39. The Morgan fingerprint density at radius 2 is 1.87 bits per heavy atom. The molecule has 3 aromatic carbocycles. The summed E-state index contributed by atoms with van der Waals surface area (Å²) in [7, 11) is 0. The highest BCUT2D eigenvalue weighted by Gasteiger charge is 2.46. The second kappa shape index (κ2) is 9.73. The minimum absolute atomic E-state index is 0.0460. The highest BCUT2D eigenvalue weighted by atomic mass is 19.1. The summed E-state index contributed by atoms with van der Waals surface area (Å²) >= 11 is 0. The van der Waals surface area contributed by atoms with Crippen molar-refractivity contribution < 1.29 is 19.4 Å². The highest BCUT2D eigenvalue weighted by molar-refractivity contribution is 5.97. The van der Waals surface area contributed by atoms with Crippen LogP contribution in [0.15, 0.2) is 84.6 Å². The van der Waals surface area contributed by atoms with Gasteiger partial charge in [-0.2, -0.15) is 5.10 Å². The molecule has 7 heteroatoms. The van der Waals surface area contributed by atoms with Crippen molar-refractivity contribution in [2.24, 2.45) is 11.3 Å². The van der Waals surface area contributed by atoms with Crippen LogP contribution >= 0.6 is 0 Å². The molecule has 0 radical (unpaired) electrons. The summed E-state index contributed by atoms with van der Waals surface area (Å²) in [5.74, 6) is -1.14. The van der Waals surface area contributed by atoms with E-state index >= 15 is 0 Å². The minimum atomic E-state index is -0.428. The lowest BCUT2D eigenvalue weighted by Gasteiger charge is -2.37. The second-order valence-corrected chi connectivity index (χ2v) is 10.8. The summed E-state index contributed by atoms with van der Waals surface area (Å²) in [6.07, 6.45) is 7.67. The monoisotopic (exact) mass is 523 g/mol. The van der Waals surface area contributed by atoms with Crippen LogP contribution in [0.1, 0.15) is 59.4 Å². The fraction of sp³-hybridized carbons (Fsp3) is 0.250. The summed E-state index contributed by atoms with van der Waals surface area (Å²) in [5.41, 5.74) is 5.35. The Bertz CT molecular complexity index is 1560. The summed E-state index contributed by atoms with van der Waals surface area (Å²) in [5, 5.41) is 27.9. The molecule has 198 valence electrons. The molecular weight excluding hydrogens is 493 g/mol. The summed E-state index contributed by atoms with van der Waals surface area (Å²) in [6.45, 7) is 2.31. The Labute approximate surface area is 226 Å². The van der Waals surface area contributed by atoms with Gasteiger partial charge in [0.25, 0.3) is 5.91 Å². The van der Waals surface area contributed by atoms with Crippen molar-refractivity contribution in [3.8, 4) is 17.2 Å². The maximum absolute atomic E-state index is 13.5. The van der Waals surface area contributed by atoms with Gasteiger partial charge in [-0.05, 0) is 90.6 Å². The quantitative estimate of drug-likeness (QED) is 0.257. The standard InChI is InChI=1S/C32H30FN3O3/c1-32-18-21-19-34-36(25-14-12-24(33)13-15-25)28(21)17-23(32)11-10-22(32)16-27(20-6-3-2-4-7-20)35-31(39)26-8-5-9-29(37)30(26)38/h2-9,12-15,17,19,22,27,37-38H,10-11,16,18H2,1H3,(H,35,39). The average molecular weight is 524 g/mol. The molecule has 1 saturated carbocycles. The SMILES string of the molecule is CC12Cc3cnn(-c4ccc(F)cc4)c3C=C1CCC2CC(NC(=O)c1cccc(O)c1O)c1ccccc1. The number of fused-ring (bicyclic) bond motifs is 2. The number of carbonyl (C=O) groups is 1. The van der Waals surface area contributed by atoms with Crippen LogP contribution < -0.4 is 5.32 Å². The first-order valence-electron chi connectivity index (χ1n) is 13.2. The van der Waals surface area contributed by atoms with E-state index in [0.717, 1.165) is 48.2 Å². The average Bonchev–Trinajstić information content (AvgIpc) is 3.48. The number of phenolic OH excluding ortho intramolecular Hbond substituents is 2. The molecule has 3 N–H and O–H groups in total. The van der Waals surface area contributed by atoms with Crippen LogP contribution in [0.2, 0.25) is 0 Å². The number of hydrogen-bond donors (Lipinski definition) is 3. The lowest BCUT2D eigenvalue weighted by Crippen LogP contribution is -2.35. The van der Waals surface area contributed by atoms with Crippen LogP contribution in [0.3, 0.4) is 0 Å². The van der Waals surface area contributed by atoms with Gasteiger partial charge in [0, 0.05) is 0 Å². The van der Waals surface area contributed by atoms with E-state index in [1.807, 2.05) is 41.2 Å². The molecule has 0 aliphatic heterocycles. The zero-order valence-corrected chi connectivity index (χ0v) is 21.6. The van der Waals surface area contributed by atoms with Crippen molar-refractivity contribution in [3.05, 3.63) is 113 Å². The maximum Gasteiger partial charge on any atom is 0.255 e. The second-order valence-electron chi connectivity index (χ2n) is 10.8. The highest BCUT2D eigenvalue weighted by Crippen LogP contribution is 2.55. The van der Waals surface area contributed by atoms with Crippen molar-refractivity contribution in [2.45, 2.75) is 38.6 Å². The molecule has 1 aromatic heterocycles. The van der Waals surface area contributed by atoms with Gasteiger partial charge in [0.1, 0.15) is 5.82 Å². The zero-order valence-electron chi connectivity index (χ0n) is 21.6. The number of nitrogens with one attached hydrogen (secondary N) is 1. The van der Waals surface area contributed by atoms with Crippen molar-refractivity contribution in [2.75, 3.05) is 0 Å². The van der Waals surface area contributed by atoms with Gasteiger partial charge in [-0.15, -0.1) is 0 Å². The Morgan fingerprint density at radius 3 is 2.64 bits per heavy atom. The van der Waals surface area contributed by atoms with Crippen molar-refractivity contribution >= 4 is 12.0 Å². The number of carbonyl (C=O) groups excluding carboxylic acids is 1. The third kappa shape index (κ3) is 4.48. The molecule has 4 aromatic rings. The molecular formula is C32H30FN3O3. The lowest BCUT2D eigenvalue weighted by molar-refractivity contribution is 0.0920. The van der Waals surface area contributed by atoms with Crippen molar-refractivity contribution in [1.29, 1.82) is 0 Å². The van der Waals surface area contributed by atoms with E-state index < -0.39 is 11.7 Å². The van der Waals surface area contributed by atoms with Crippen LogP contribution in [0, 0.1) is 17.2 Å². The number of benzene rings is 3. The predicted octanol–water partition coefficient (Wildman–Crippen LogP) is 6.34. The topological polar surface area (TPSA) is 87.4 Å². The number of halogens is 1. The van der Waals surface area contributed by atoms with Gasteiger partial charge in [-0.25, -0.2) is 9.07 Å². The molecule has 6 nitrogen and oxygen atoms in total. The van der Waals surface area contributed by atoms with E-state index in [0.29, 0.717) is 5.92 Å². The number of hydrogen-bond acceptors (Lipinski definition) is 4. The molecule has 2 aliphatic rings. The van der Waals surface area contributed by atoms with E-state index in [-0.39, 0.29) is 28.6 Å². The number of allylic oxidation sites excluding steroid dienone is 1. The van der Waals surface area contributed by atoms with E-state index in [1.54, 1.807) is 18.2 Å². The normalized spacial score (nSPS) is 20.6. The molecule has 3 atom stereocenters. The van der Waals surface area contributed by atoms with Gasteiger partial charge in [0.2, 0.25) is 0 Å². The number of para-hydroxylation sites is 1. The first kappa shape index (κ1) is 24.9. The van der Waals surface area contributed by atoms with E-state index in [9.17, 15) is 19.4 Å². The van der Waals surface area contributed by atoms with E-state index in [1.165, 1.54) is 29.8 Å². The van der Waals surface area contributed by atoms with Gasteiger partial charge in [0.15, 0.2) is 11.5 Å². The first-order valence-corrected chi connectivity index (χ1v) is 13.2. The third-order valence-electron chi connectivity index (χ3n) is 8.51. The molecule has 39 heavy (non-hydrogen) atoms. The fourth-order valence-corrected chi connectivity index (χ4v) is 6.30. The van der Waals surface area contributed by atoms with Gasteiger partial charge in [0.05, 0.1) is 29.2 Å². The van der Waals surface area contributed by atoms with Gasteiger partial charge >= 0.3 is 0 Å². The van der Waals surface area contributed by atoms with Crippen LogP contribution in [0.5, 0.6) is 11.5 Å². The molecule has 0 bridgehead atoms. The molecule has 1 heterocycles. The summed E-state index contributed by atoms with van der Waals surface area (Å²) in [4.78, 5) is 13.2. The summed E-state index contributed by atoms with van der Waals surface area (Å²) < 4.78 is 15.4. The summed E-state index contributed by atoms with van der Waals surface area (Å²) in [6, 6.07) is 20.4. The number of phenols is 2.